The lowest BCUT2D eigenvalue weighted by Gasteiger charge is -2.02. The topological polar surface area (TPSA) is 70.7 Å². The molecule has 0 aliphatic carbocycles. The number of nitrogens with one attached hydrogen (secondary N) is 2. The molecule has 0 aliphatic heterocycles. The Kier molecular flexibility index (Phi) is 3.12. The van der Waals surface area contributed by atoms with Crippen molar-refractivity contribution < 1.29 is 0 Å². The van der Waals surface area contributed by atoms with Crippen LogP contribution in [0.3, 0.4) is 0 Å². The van der Waals surface area contributed by atoms with E-state index < -0.39 is 0 Å². The predicted molar refractivity (Wildman–Crippen MR) is 63.4 cm³/mol. The maximum Gasteiger partial charge on any atom is 0.248 e. The first-order valence-corrected chi connectivity index (χ1v) is 5.72. The van der Waals surface area contributed by atoms with Gasteiger partial charge in [-0.05, 0) is 20.0 Å². The second-order valence-electron chi connectivity index (χ2n) is 3.38. The van der Waals surface area contributed by atoms with E-state index >= 15 is 0 Å². The summed E-state index contributed by atoms with van der Waals surface area (Å²) in [6.07, 6.45) is 0. The van der Waals surface area contributed by atoms with Crippen LogP contribution in [0.15, 0.2) is 23.0 Å². The van der Waals surface area contributed by atoms with E-state index in [9.17, 15) is 4.79 Å². The summed E-state index contributed by atoms with van der Waals surface area (Å²) in [4.78, 5) is 13.9. The third-order valence-corrected chi connectivity index (χ3v) is 3.38. The summed E-state index contributed by atoms with van der Waals surface area (Å²) < 4.78 is 0. The molecule has 16 heavy (non-hydrogen) atoms. The van der Waals surface area contributed by atoms with Gasteiger partial charge >= 0.3 is 0 Å². The van der Waals surface area contributed by atoms with Gasteiger partial charge in [0.15, 0.2) is 5.01 Å². The van der Waals surface area contributed by atoms with Gasteiger partial charge in [0.2, 0.25) is 5.56 Å². The molecule has 6 heteroatoms. The molecule has 0 radical (unpaired) electrons. The average molecular weight is 236 g/mol. The number of H-pyrrole nitrogens is 1. The lowest BCUT2D eigenvalue weighted by molar-refractivity contribution is 0.640. The van der Waals surface area contributed by atoms with Crippen LogP contribution in [0.25, 0.3) is 10.7 Å². The fourth-order valence-corrected chi connectivity index (χ4v) is 2.10. The standard InChI is InChI=1S/C10H12N4OS/c1-6(11-2)9-13-14-10(16-9)7-4-3-5-8(15)12-7/h3-6,11H,1-2H3,(H,12,15). The minimum Gasteiger partial charge on any atom is -0.320 e. The third-order valence-electron chi connectivity index (χ3n) is 2.24. The molecule has 2 aromatic heterocycles. The summed E-state index contributed by atoms with van der Waals surface area (Å²) in [5, 5.41) is 12.9. The van der Waals surface area contributed by atoms with Crippen LogP contribution in [0.2, 0.25) is 0 Å². The van der Waals surface area contributed by atoms with Crippen LogP contribution in [0.5, 0.6) is 0 Å². The zero-order valence-corrected chi connectivity index (χ0v) is 9.84. The van der Waals surface area contributed by atoms with Crippen molar-refractivity contribution >= 4 is 11.3 Å². The first kappa shape index (κ1) is 11.0. The Morgan fingerprint density at radius 1 is 1.44 bits per heavy atom. The highest BCUT2D eigenvalue weighted by Gasteiger charge is 2.11. The van der Waals surface area contributed by atoms with Crippen molar-refractivity contribution in [1.29, 1.82) is 0 Å². The Hall–Kier alpha value is -1.53. The first-order chi connectivity index (χ1) is 7.70. The molecule has 0 bridgehead atoms. The number of aromatic amines is 1. The summed E-state index contributed by atoms with van der Waals surface area (Å²) in [7, 11) is 1.87. The van der Waals surface area contributed by atoms with Gasteiger partial charge in [-0.1, -0.05) is 17.4 Å². The minimum atomic E-state index is -0.129. The average Bonchev–Trinajstić information content (AvgIpc) is 2.77. The summed E-state index contributed by atoms with van der Waals surface area (Å²) in [6.45, 7) is 2.01. The molecule has 0 saturated heterocycles. The van der Waals surface area contributed by atoms with Crippen LogP contribution < -0.4 is 10.9 Å². The van der Waals surface area contributed by atoms with Gasteiger partial charge in [-0.3, -0.25) is 4.79 Å². The summed E-state index contributed by atoms with van der Waals surface area (Å²) >= 11 is 1.47. The molecule has 0 amide bonds. The largest absolute Gasteiger partial charge is 0.320 e. The zero-order chi connectivity index (χ0) is 11.5. The maximum absolute atomic E-state index is 11.1. The normalized spacial score (nSPS) is 12.6. The van der Waals surface area contributed by atoms with E-state index in [1.807, 2.05) is 20.0 Å². The van der Waals surface area contributed by atoms with Crippen LogP contribution in [0.4, 0.5) is 0 Å². The van der Waals surface area contributed by atoms with Crippen LogP contribution in [-0.2, 0) is 0 Å². The SMILES string of the molecule is CNC(C)c1nnc(-c2cccc(=O)[nH]2)s1. The molecular formula is C10H12N4OS. The molecule has 2 aromatic rings. The quantitative estimate of drug-likeness (QED) is 0.839. The zero-order valence-electron chi connectivity index (χ0n) is 9.02. The Morgan fingerprint density at radius 3 is 2.94 bits per heavy atom. The second kappa shape index (κ2) is 4.54. The van der Waals surface area contributed by atoms with E-state index in [-0.39, 0.29) is 11.6 Å². The van der Waals surface area contributed by atoms with E-state index in [2.05, 4.69) is 20.5 Å². The maximum atomic E-state index is 11.1. The van der Waals surface area contributed by atoms with Gasteiger partial charge in [0.05, 0.1) is 11.7 Å². The van der Waals surface area contributed by atoms with Crippen molar-refractivity contribution in [2.45, 2.75) is 13.0 Å². The number of rotatable bonds is 3. The van der Waals surface area contributed by atoms with Crippen molar-refractivity contribution in [2.24, 2.45) is 0 Å². The molecule has 0 saturated carbocycles. The van der Waals surface area contributed by atoms with E-state index in [0.29, 0.717) is 5.69 Å². The van der Waals surface area contributed by atoms with Crippen LogP contribution >= 0.6 is 11.3 Å². The number of pyridine rings is 1. The molecule has 1 unspecified atom stereocenters. The van der Waals surface area contributed by atoms with E-state index in [4.69, 9.17) is 0 Å². The number of hydrogen-bond acceptors (Lipinski definition) is 5. The van der Waals surface area contributed by atoms with Crippen molar-refractivity contribution in [2.75, 3.05) is 7.05 Å². The Morgan fingerprint density at radius 2 is 2.25 bits per heavy atom. The third kappa shape index (κ3) is 2.17. The molecule has 1 atom stereocenters. The molecule has 0 aromatic carbocycles. The predicted octanol–water partition coefficient (Wildman–Crippen LogP) is 1.17. The molecule has 2 heterocycles. The van der Waals surface area contributed by atoms with Crippen molar-refractivity contribution in [3.63, 3.8) is 0 Å². The van der Waals surface area contributed by atoms with Gasteiger partial charge in [-0.25, -0.2) is 0 Å². The van der Waals surface area contributed by atoms with Gasteiger partial charge in [-0.15, -0.1) is 10.2 Å². The Labute approximate surface area is 96.6 Å². The number of nitrogens with zero attached hydrogens (tertiary/aromatic N) is 2. The molecule has 5 nitrogen and oxygen atoms in total. The smallest absolute Gasteiger partial charge is 0.248 e. The molecule has 0 spiro atoms. The highest BCUT2D eigenvalue weighted by atomic mass is 32.1. The number of aromatic nitrogens is 3. The van der Waals surface area contributed by atoms with E-state index in [1.54, 1.807) is 6.07 Å². The van der Waals surface area contributed by atoms with Crippen molar-refractivity contribution in [1.82, 2.24) is 20.5 Å². The number of hydrogen-bond donors (Lipinski definition) is 2. The van der Waals surface area contributed by atoms with E-state index in [0.717, 1.165) is 10.0 Å². The van der Waals surface area contributed by atoms with Crippen molar-refractivity contribution in [3.05, 3.63) is 33.6 Å². The van der Waals surface area contributed by atoms with Crippen LogP contribution in [0.1, 0.15) is 18.0 Å². The highest BCUT2D eigenvalue weighted by molar-refractivity contribution is 7.14. The Bertz CT molecular complexity index is 533. The van der Waals surface area contributed by atoms with Gasteiger partial charge in [-0.2, -0.15) is 0 Å². The first-order valence-electron chi connectivity index (χ1n) is 4.91. The summed E-state index contributed by atoms with van der Waals surface area (Å²) in [6, 6.07) is 5.16. The monoisotopic (exact) mass is 236 g/mol. The fraction of sp³-hybridized carbons (Fsp3) is 0.300. The van der Waals surface area contributed by atoms with Crippen LogP contribution in [0, 0.1) is 0 Å². The summed E-state index contributed by atoms with van der Waals surface area (Å²) in [5.74, 6) is 0. The lowest BCUT2D eigenvalue weighted by atomic mass is 10.4. The lowest BCUT2D eigenvalue weighted by Crippen LogP contribution is -2.11. The van der Waals surface area contributed by atoms with Crippen molar-refractivity contribution in [3.8, 4) is 10.7 Å². The highest BCUT2D eigenvalue weighted by Crippen LogP contribution is 2.24. The molecule has 0 aliphatic rings. The van der Waals surface area contributed by atoms with Gasteiger partial charge < -0.3 is 10.3 Å². The molecule has 2 N–H and O–H groups in total. The van der Waals surface area contributed by atoms with Crippen LogP contribution in [-0.4, -0.2) is 22.2 Å². The molecular weight excluding hydrogens is 224 g/mol. The van der Waals surface area contributed by atoms with Gasteiger partial charge in [0.25, 0.3) is 0 Å². The molecule has 0 fully saturated rings. The molecule has 84 valence electrons. The van der Waals surface area contributed by atoms with Gasteiger partial charge in [0.1, 0.15) is 5.01 Å². The van der Waals surface area contributed by atoms with Gasteiger partial charge in [0, 0.05) is 6.07 Å². The fourth-order valence-electron chi connectivity index (χ4n) is 1.21. The summed E-state index contributed by atoms with van der Waals surface area (Å²) in [5.41, 5.74) is 0.579. The second-order valence-corrected chi connectivity index (χ2v) is 4.39. The van der Waals surface area contributed by atoms with E-state index in [1.165, 1.54) is 17.4 Å². The molecule has 2 rings (SSSR count). The Balaban J connectivity index is 2.35. The minimum absolute atomic E-state index is 0.129.